The fraction of sp³-hybridized carbons (Fsp3) is 0.286. The van der Waals surface area contributed by atoms with Gasteiger partial charge in [-0.15, -0.1) is 0 Å². The third-order valence-corrected chi connectivity index (χ3v) is 2.72. The molecule has 5 nitrogen and oxygen atoms in total. The predicted molar refractivity (Wildman–Crippen MR) is 70.0 cm³/mol. The number of aryl methyl sites for hydroxylation is 1. The Balaban J connectivity index is 2.13. The van der Waals surface area contributed by atoms with Gasteiger partial charge in [-0.2, -0.15) is 0 Å². The molecule has 1 aromatic heterocycles. The lowest BCUT2D eigenvalue weighted by molar-refractivity contribution is 0.0944. The first kappa shape index (κ1) is 14.0. The molecule has 0 bridgehead atoms. The minimum absolute atomic E-state index is 0.0885. The van der Waals surface area contributed by atoms with E-state index in [1.165, 1.54) is 12.1 Å². The summed E-state index contributed by atoms with van der Waals surface area (Å²) in [5.41, 5.74) is 0.751. The van der Waals surface area contributed by atoms with Crippen LogP contribution in [0, 0.1) is 12.7 Å². The molecule has 6 heteroatoms. The number of halogens is 1. The minimum atomic E-state index is -0.381. The molecule has 0 aliphatic heterocycles. The Kier molecular flexibility index (Phi) is 4.34. The van der Waals surface area contributed by atoms with Gasteiger partial charge in [-0.3, -0.25) is 4.79 Å². The topological polar surface area (TPSA) is 64.4 Å². The Morgan fingerprint density at radius 3 is 3.00 bits per heavy atom. The van der Waals surface area contributed by atoms with E-state index in [1.807, 2.05) is 6.92 Å². The van der Waals surface area contributed by atoms with Crippen LogP contribution in [0.3, 0.4) is 0 Å². The van der Waals surface area contributed by atoms with E-state index in [2.05, 4.69) is 10.5 Å². The summed E-state index contributed by atoms with van der Waals surface area (Å²) < 4.78 is 23.5. The van der Waals surface area contributed by atoms with Crippen molar-refractivity contribution in [2.45, 2.75) is 20.5 Å². The molecule has 0 aliphatic rings. The lowest BCUT2D eigenvalue weighted by Crippen LogP contribution is -2.24. The van der Waals surface area contributed by atoms with Crippen LogP contribution in [0.1, 0.15) is 28.7 Å². The first-order valence-electron chi connectivity index (χ1n) is 6.23. The summed E-state index contributed by atoms with van der Waals surface area (Å²) >= 11 is 0. The largest absolute Gasteiger partial charge is 0.489 e. The van der Waals surface area contributed by atoms with Gasteiger partial charge in [-0.05, 0) is 26.0 Å². The van der Waals surface area contributed by atoms with Gasteiger partial charge in [0.25, 0.3) is 5.91 Å². The molecule has 1 amide bonds. The van der Waals surface area contributed by atoms with E-state index in [0.29, 0.717) is 23.6 Å². The van der Waals surface area contributed by atoms with Gasteiger partial charge >= 0.3 is 0 Å². The Morgan fingerprint density at radius 1 is 1.50 bits per heavy atom. The lowest BCUT2D eigenvalue weighted by atomic mass is 10.2. The number of hydrogen-bond donors (Lipinski definition) is 1. The molecule has 0 saturated heterocycles. The SMILES string of the molecule is CCNC(=O)c1noc(C)c1COc1cccc(F)c1. The maximum absolute atomic E-state index is 13.0. The molecule has 0 fully saturated rings. The van der Waals surface area contributed by atoms with Crippen LogP contribution in [0.5, 0.6) is 5.75 Å². The standard InChI is InChI=1S/C14H15FN2O3/c1-3-16-14(18)13-12(9(2)20-17-13)8-19-11-6-4-5-10(15)7-11/h4-7H,3,8H2,1-2H3,(H,16,18). The maximum Gasteiger partial charge on any atom is 0.273 e. The van der Waals surface area contributed by atoms with Crippen molar-refractivity contribution in [2.24, 2.45) is 0 Å². The number of nitrogens with one attached hydrogen (secondary N) is 1. The van der Waals surface area contributed by atoms with E-state index in [4.69, 9.17) is 9.26 Å². The van der Waals surface area contributed by atoms with E-state index in [-0.39, 0.29) is 24.0 Å². The summed E-state index contributed by atoms with van der Waals surface area (Å²) in [5.74, 6) is 0.186. The Bertz CT molecular complexity index is 610. The summed E-state index contributed by atoms with van der Waals surface area (Å²) in [6, 6.07) is 5.79. The van der Waals surface area contributed by atoms with Crippen LogP contribution in [0.4, 0.5) is 4.39 Å². The number of ether oxygens (including phenoxy) is 1. The van der Waals surface area contributed by atoms with Crippen LogP contribution >= 0.6 is 0 Å². The van der Waals surface area contributed by atoms with Gasteiger partial charge in [0, 0.05) is 12.6 Å². The first-order chi connectivity index (χ1) is 9.61. The number of benzene rings is 1. The fourth-order valence-corrected chi connectivity index (χ4v) is 1.70. The fourth-order valence-electron chi connectivity index (χ4n) is 1.70. The van der Waals surface area contributed by atoms with Gasteiger partial charge in [-0.1, -0.05) is 11.2 Å². The Labute approximate surface area is 115 Å². The van der Waals surface area contributed by atoms with Gasteiger partial charge in [0.1, 0.15) is 23.9 Å². The van der Waals surface area contributed by atoms with Gasteiger partial charge in [-0.25, -0.2) is 4.39 Å². The van der Waals surface area contributed by atoms with Crippen LogP contribution in [0.15, 0.2) is 28.8 Å². The van der Waals surface area contributed by atoms with Gasteiger partial charge in [0.15, 0.2) is 5.69 Å². The smallest absolute Gasteiger partial charge is 0.273 e. The quantitative estimate of drug-likeness (QED) is 0.912. The van der Waals surface area contributed by atoms with Crippen molar-refractivity contribution in [3.63, 3.8) is 0 Å². The number of carbonyl (C=O) groups is 1. The second-order valence-corrected chi connectivity index (χ2v) is 4.17. The van der Waals surface area contributed by atoms with E-state index < -0.39 is 0 Å². The van der Waals surface area contributed by atoms with Crippen LogP contribution in [-0.2, 0) is 6.61 Å². The third kappa shape index (κ3) is 3.14. The molecule has 1 N–H and O–H groups in total. The van der Waals surface area contributed by atoms with E-state index in [1.54, 1.807) is 19.1 Å². The zero-order valence-electron chi connectivity index (χ0n) is 11.3. The van der Waals surface area contributed by atoms with Gasteiger partial charge in [0.2, 0.25) is 0 Å². The molecule has 0 aliphatic carbocycles. The van der Waals surface area contributed by atoms with Crippen molar-refractivity contribution in [3.8, 4) is 5.75 Å². The van der Waals surface area contributed by atoms with Crippen molar-refractivity contribution in [1.29, 1.82) is 0 Å². The number of hydrogen-bond acceptors (Lipinski definition) is 4. The molecule has 0 radical (unpaired) electrons. The molecule has 2 rings (SSSR count). The Hall–Kier alpha value is -2.37. The molecular weight excluding hydrogens is 263 g/mol. The number of nitrogens with zero attached hydrogens (tertiary/aromatic N) is 1. The third-order valence-electron chi connectivity index (χ3n) is 2.72. The van der Waals surface area contributed by atoms with Crippen molar-refractivity contribution >= 4 is 5.91 Å². The van der Waals surface area contributed by atoms with Crippen LogP contribution in [0.25, 0.3) is 0 Å². The lowest BCUT2D eigenvalue weighted by Gasteiger charge is -2.06. The molecule has 0 unspecified atom stereocenters. The molecular formula is C14H15FN2O3. The van der Waals surface area contributed by atoms with Gasteiger partial charge < -0.3 is 14.6 Å². The normalized spacial score (nSPS) is 10.3. The second kappa shape index (κ2) is 6.18. The highest BCUT2D eigenvalue weighted by Gasteiger charge is 2.19. The first-order valence-corrected chi connectivity index (χ1v) is 6.23. The maximum atomic E-state index is 13.0. The number of aromatic nitrogens is 1. The van der Waals surface area contributed by atoms with Crippen molar-refractivity contribution in [2.75, 3.05) is 6.54 Å². The van der Waals surface area contributed by atoms with Crippen molar-refractivity contribution < 1.29 is 18.4 Å². The molecule has 0 spiro atoms. The zero-order valence-corrected chi connectivity index (χ0v) is 11.3. The molecule has 2 aromatic rings. The average Bonchev–Trinajstić information content (AvgIpc) is 2.78. The van der Waals surface area contributed by atoms with Crippen LogP contribution in [-0.4, -0.2) is 17.6 Å². The number of amides is 1. The van der Waals surface area contributed by atoms with Crippen LogP contribution < -0.4 is 10.1 Å². The highest BCUT2D eigenvalue weighted by atomic mass is 19.1. The van der Waals surface area contributed by atoms with E-state index in [9.17, 15) is 9.18 Å². The highest BCUT2D eigenvalue weighted by molar-refractivity contribution is 5.93. The molecule has 1 heterocycles. The summed E-state index contributed by atoms with van der Waals surface area (Å²) in [4.78, 5) is 11.8. The van der Waals surface area contributed by atoms with E-state index >= 15 is 0 Å². The molecule has 0 saturated carbocycles. The zero-order chi connectivity index (χ0) is 14.5. The highest BCUT2D eigenvalue weighted by Crippen LogP contribution is 2.18. The average molecular weight is 278 g/mol. The molecule has 20 heavy (non-hydrogen) atoms. The molecule has 106 valence electrons. The molecule has 0 atom stereocenters. The second-order valence-electron chi connectivity index (χ2n) is 4.17. The van der Waals surface area contributed by atoms with Crippen molar-refractivity contribution in [1.82, 2.24) is 10.5 Å². The summed E-state index contributed by atoms with van der Waals surface area (Å²) in [7, 11) is 0. The van der Waals surface area contributed by atoms with Gasteiger partial charge in [0.05, 0.1) is 5.56 Å². The summed E-state index contributed by atoms with van der Waals surface area (Å²) in [6.07, 6.45) is 0. The Morgan fingerprint density at radius 2 is 2.30 bits per heavy atom. The predicted octanol–water partition coefficient (Wildman–Crippen LogP) is 2.45. The summed E-state index contributed by atoms with van der Waals surface area (Å²) in [5, 5.41) is 6.37. The number of rotatable bonds is 5. The van der Waals surface area contributed by atoms with Crippen molar-refractivity contribution in [3.05, 3.63) is 47.1 Å². The monoisotopic (exact) mass is 278 g/mol. The number of carbonyl (C=O) groups excluding carboxylic acids is 1. The van der Waals surface area contributed by atoms with Crippen LogP contribution in [0.2, 0.25) is 0 Å². The minimum Gasteiger partial charge on any atom is -0.489 e. The van der Waals surface area contributed by atoms with E-state index in [0.717, 1.165) is 0 Å². The summed E-state index contributed by atoms with van der Waals surface area (Å²) in [6.45, 7) is 4.09. The molecule has 1 aromatic carbocycles.